The lowest BCUT2D eigenvalue weighted by Gasteiger charge is -2.24. The van der Waals surface area contributed by atoms with Crippen molar-refractivity contribution < 1.29 is 9.18 Å². The molecule has 1 aliphatic heterocycles. The molecule has 1 aliphatic rings. The van der Waals surface area contributed by atoms with E-state index in [0.29, 0.717) is 18.5 Å². The number of carbonyl (C=O) groups is 1. The van der Waals surface area contributed by atoms with Gasteiger partial charge < -0.3 is 11.1 Å². The van der Waals surface area contributed by atoms with Gasteiger partial charge in [-0.3, -0.25) is 9.36 Å². The first kappa shape index (κ1) is 11.0. The monoisotopic (exact) mass is 248 g/mol. The number of hydrogen-bond acceptors (Lipinski definition) is 3. The van der Waals surface area contributed by atoms with Crippen molar-refractivity contribution in [3.63, 3.8) is 0 Å². The minimum absolute atomic E-state index is 0.0866. The number of piperidine rings is 1. The summed E-state index contributed by atoms with van der Waals surface area (Å²) in [6, 6.07) is 4.25. The molecule has 3 N–H and O–H groups in total. The molecule has 5 nitrogen and oxygen atoms in total. The van der Waals surface area contributed by atoms with Gasteiger partial charge in [0.1, 0.15) is 11.6 Å². The number of aromatic nitrogens is 2. The molecule has 1 saturated heterocycles. The van der Waals surface area contributed by atoms with Crippen molar-refractivity contribution in [2.75, 3.05) is 12.3 Å². The molecule has 1 atom stereocenters. The topological polar surface area (TPSA) is 72.9 Å². The molecule has 1 fully saturated rings. The fourth-order valence-corrected chi connectivity index (χ4v) is 2.43. The summed E-state index contributed by atoms with van der Waals surface area (Å²) in [5, 5.41) is 2.79. The fourth-order valence-electron chi connectivity index (χ4n) is 2.43. The highest BCUT2D eigenvalue weighted by atomic mass is 19.1. The highest BCUT2D eigenvalue weighted by Gasteiger charge is 2.27. The number of para-hydroxylation sites is 1. The summed E-state index contributed by atoms with van der Waals surface area (Å²) in [5.41, 5.74) is 6.60. The van der Waals surface area contributed by atoms with E-state index in [1.165, 1.54) is 6.07 Å². The van der Waals surface area contributed by atoms with Crippen molar-refractivity contribution in [3.05, 3.63) is 24.0 Å². The lowest BCUT2D eigenvalue weighted by atomic mass is 10.1. The van der Waals surface area contributed by atoms with Crippen LogP contribution in [0.15, 0.2) is 18.2 Å². The van der Waals surface area contributed by atoms with E-state index in [2.05, 4.69) is 10.3 Å². The van der Waals surface area contributed by atoms with E-state index in [4.69, 9.17) is 5.73 Å². The Hall–Kier alpha value is -2.11. The van der Waals surface area contributed by atoms with Gasteiger partial charge in [-0.05, 0) is 25.0 Å². The number of nitrogens with one attached hydrogen (secondary N) is 1. The first-order chi connectivity index (χ1) is 8.68. The van der Waals surface area contributed by atoms with Crippen LogP contribution in [0, 0.1) is 5.82 Å². The lowest BCUT2D eigenvalue weighted by Crippen LogP contribution is -2.38. The maximum absolute atomic E-state index is 13.6. The molecule has 1 amide bonds. The van der Waals surface area contributed by atoms with Gasteiger partial charge in [0.05, 0.1) is 5.52 Å². The standard InChI is InChI=1S/C12H13FN4O/c13-7-3-1-4-8-10(7)16-12(14)17(8)9-5-2-6-15-11(9)18/h1,3-4,9H,2,5-6H2,(H2,14,16)(H,15,18). The van der Waals surface area contributed by atoms with Crippen LogP contribution in [0.5, 0.6) is 0 Å². The van der Waals surface area contributed by atoms with Gasteiger partial charge in [0.2, 0.25) is 11.9 Å². The van der Waals surface area contributed by atoms with Crippen molar-refractivity contribution in [1.29, 1.82) is 0 Å². The van der Waals surface area contributed by atoms with Crippen molar-refractivity contribution in [2.45, 2.75) is 18.9 Å². The minimum atomic E-state index is -0.422. The molecule has 1 aromatic carbocycles. The zero-order chi connectivity index (χ0) is 12.7. The number of fused-ring (bicyclic) bond motifs is 1. The normalized spacial score (nSPS) is 20.1. The van der Waals surface area contributed by atoms with Crippen LogP contribution in [0.2, 0.25) is 0 Å². The van der Waals surface area contributed by atoms with E-state index in [-0.39, 0.29) is 17.4 Å². The van der Waals surface area contributed by atoms with Crippen molar-refractivity contribution in [1.82, 2.24) is 14.9 Å². The lowest BCUT2D eigenvalue weighted by molar-refractivity contribution is -0.125. The van der Waals surface area contributed by atoms with Crippen LogP contribution in [-0.4, -0.2) is 22.0 Å². The summed E-state index contributed by atoms with van der Waals surface area (Å²) in [6.45, 7) is 0.677. The first-order valence-corrected chi connectivity index (χ1v) is 5.88. The molecule has 6 heteroatoms. The van der Waals surface area contributed by atoms with Crippen LogP contribution in [0.3, 0.4) is 0 Å². The number of anilines is 1. The first-order valence-electron chi connectivity index (χ1n) is 5.88. The summed E-state index contributed by atoms with van der Waals surface area (Å²) in [7, 11) is 0. The number of nitrogens with zero attached hydrogens (tertiary/aromatic N) is 2. The average Bonchev–Trinajstić information content (AvgIpc) is 2.68. The summed E-state index contributed by atoms with van der Waals surface area (Å²) >= 11 is 0. The molecule has 3 rings (SSSR count). The molecule has 0 radical (unpaired) electrons. The number of imidazole rings is 1. The zero-order valence-corrected chi connectivity index (χ0v) is 9.69. The smallest absolute Gasteiger partial charge is 0.243 e. The third kappa shape index (κ3) is 1.53. The minimum Gasteiger partial charge on any atom is -0.369 e. The van der Waals surface area contributed by atoms with Gasteiger partial charge in [0.15, 0.2) is 5.82 Å². The van der Waals surface area contributed by atoms with Gasteiger partial charge in [-0.2, -0.15) is 0 Å². The number of hydrogen-bond donors (Lipinski definition) is 2. The Morgan fingerprint density at radius 1 is 1.50 bits per heavy atom. The summed E-state index contributed by atoms with van der Waals surface area (Å²) in [4.78, 5) is 15.9. The van der Waals surface area contributed by atoms with Gasteiger partial charge in [0.25, 0.3) is 0 Å². The molecular weight excluding hydrogens is 235 g/mol. The number of amides is 1. The molecule has 2 aromatic rings. The molecule has 18 heavy (non-hydrogen) atoms. The second kappa shape index (κ2) is 3.97. The van der Waals surface area contributed by atoms with Crippen molar-refractivity contribution in [3.8, 4) is 0 Å². The predicted molar refractivity (Wildman–Crippen MR) is 65.4 cm³/mol. The number of rotatable bonds is 1. The zero-order valence-electron chi connectivity index (χ0n) is 9.69. The van der Waals surface area contributed by atoms with E-state index in [1.54, 1.807) is 16.7 Å². The molecule has 1 unspecified atom stereocenters. The van der Waals surface area contributed by atoms with Crippen LogP contribution in [-0.2, 0) is 4.79 Å². The Bertz CT molecular complexity index is 622. The van der Waals surface area contributed by atoms with E-state index in [1.807, 2.05) is 0 Å². The van der Waals surface area contributed by atoms with Crippen LogP contribution in [0.25, 0.3) is 11.0 Å². The van der Waals surface area contributed by atoms with Crippen LogP contribution in [0.1, 0.15) is 18.9 Å². The molecule has 94 valence electrons. The highest BCUT2D eigenvalue weighted by Crippen LogP contribution is 2.28. The third-order valence-electron chi connectivity index (χ3n) is 3.27. The summed E-state index contributed by atoms with van der Waals surface area (Å²) < 4.78 is 15.2. The molecule has 0 aliphatic carbocycles. The molecule has 0 saturated carbocycles. The van der Waals surface area contributed by atoms with E-state index >= 15 is 0 Å². The van der Waals surface area contributed by atoms with Gasteiger partial charge in [-0.15, -0.1) is 0 Å². The third-order valence-corrected chi connectivity index (χ3v) is 3.27. The largest absolute Gasteiger partial charge is 0.369 e. The van der Waals surface area contributed by atoms with Gasteiger partial charge in [-0.1, -0.05) is 6.07 Å². The number of nitrogen functional groups attached to an aromatic ring is 1. The quantitative estimate of drug-likeness (QED) is 0.796. The summed E-state index contributed by atoms with van der Waals surface area (Å²) in [6.07, 6.45) is 1.57. The highest BCUT2D eigenvalue weighted by molar-refractivity contribution is 5.86. The fraction of sp³-hybridized carbons (Fsp3) is 0.333. The van der Waals surface area contributed by atoms with Crippen LogP contribution in [0.4, 0.5) is 10.3 Å². The SMILES string of the molecule is Nc1nc2c(F)cccc2n1C1CCCNC1=O. The second-order valence-corrected chi connectivity index (χ2v) is 4.40. The summed E-state index contributed by atoms with van der Waals surface area (Å²) in [5.74, 6) is -0.331. The molecule has 2 heterocycles. The molecule has 0 bridgehead atoms. The average molecular weight is 248 g/mol. The Labute approximate surface area is 103 Å². The van der Waals surface area contributed by atoms with Crippen LogP contribution < -0.4 is 11.1 Å². The Morgan fingerprint density at radius 3 is 3.11 bits per heavy atom. The van der Waals surface area contributed by atoms with E-state index in [9.17, 15) is 9.18 Å². The van der Waals surface area contributed by atoms with Gasteiger partial charge >= 0.3 is 0 Å². The van der Waals surface area contributed by atoms with Crippen LogP contribution >= 0.6 is 0 Å². The molecule has 0 spiro atoms. The molecular formula is C12H13FN4O. The number of benzene rings is 1. The Balaban J connectivity index is 2.19. The van der Waals surface area contributed by atoms with Crippen molar-refractivity contribution in [2.24, 2.45) is 0 Å². The Morgan fingerprint density at radius 2 is 2.33 bits per heavy atom. The molecule has 1 aromatic heterocycles. The number of carbonyl (C=O) groups excluding carboxylic acids is 1. The second-order valence-electron chi connectivity index (χ2n) is 4.40. The predicted octanol–water partition coefficient (Wildman–Crippen LogP) is 1.21. The van der Waals surface area contributed by atoms with E-state index in [0.717, 1.165) is 6.42 Å². The van der Waals surface area contributed by atoms with Gasteiger partial charge in [0, 0.05) is 6.54 Å². The maximum atomic E-state index is 13.6. The maximum Gasteiger partial charge on any atom is 0.243 e. The number of halogens is 1. The van der Waals surface area contributed by atoms with Crippen molar-refractivity contribution >= 4 is 22.9 Å². The van der Waals surface area contributed by atoms with E-state index < -0.39 is 11.9 Å². The Kier molecular flexibility index (Phi) is 2.43. The van der Waals surface area contributed by atoms with Gasteiger partial charge in [-0.25, -0.2) is 9.37 Å². The number of nitrogens with two attached hydrogens (primary N) is 1.